The average Bonchev–Trinajstić information content (AvgIpc) is 3.08. The summed E-state index contributed by atoms with van der Waals surface area (Å²) < 4.78 is 7.35. The van der Waals surface area contributed by atoms with Gasteiger partial charge in [0.1, 0.15) is 11.5 Å². The molecule has 4 nitrogen and oxygen atoms in total. The first-order chi connectivity index (χ1) is 14.7. The van der Waals surface area contributed by atoms with Crippen molar-refractivity contribution in [2.45, 2.75) is 26.2 Å². The van der Waals surface area contributed by atoms with E-state index in [9.17, 15) is 9.90 Å². The molecule has 1 N–H and O–H groups in total. The predicted molar refractivity (Wildman–Crippen MR) is 125 cm³/mol. The van der Waals surface area contributed by atoms with E-state index in [2.05, 4.69) is 20.4 Å². The highest BCUT2D eigenvalue weighted by Gasteiger charge is 2.37. The molecule has 158 valence electrons. The first-order valence-electron chi connectivity index (χ1n) is 10.3. The van der Waals surface area contributed by atoms with E-state index in [-0.39, 0.29) is 11.5 Å². The number of fused-ring (bicyclic) bond motifs is 1. The van der Waals surface area contributed by atoms with Crippen LogP contribution in [0.5, 0.6) is 5.75 Å². The van der Waals surface area contributed by atoms with E-state index in [0.29, 0.717) is 11.1 Å². The van der Waals surface area contributed by atoms with Gasteiger partial charge >= 0.3 is 0 Å². The molecule has 0 saturated heterocycles. The Kier molecular flexibility index (Phi) is 4.89. The third-order valence-electron chi connectivity index (χ3n) is 6.37. The first-order valence-corrected chi connectivity index (χ1v) is 10.3. The summed E-state index contributed by atoms with van der Waals surface area (Å²) in [4.78, 5) is 13.0. The molecule has 0 bridgehead atoms. The molecule has 1 aromatic heterocycles. The number of carbonyl (C=O) groups is 1. The van der Waals surface area contributed by atoms with Gasteiger partial charge in [0, 0.05) is 35.1 Å². The minimum absolute atomic E-state index is 0.0284. The molecule has 0 amide bonds. The summed E-state index contributed by atoms with van der Waals surface area (Å²) in [5.41, 5.74) is 4.93. The van der Waals surface area contributed by atoms with Crippen molar-refractivity contribution >= 4 is 22.3 Å². The number of benzene rings is 2. The maximum Gasteiger partial charge on any atom is 0.201 e. The van der Waals surface area contributed by atoms with Crippen LogP contribution in [0.2, 0.25) is 0 Å². The largest absolute Gasteiger partial charge is 0.506 e. The molecule has 0 atom stereocenters. The van der Waals surface area contributed by atoms with Gasteiger partial charge in [-0.25, -0.2) is 0 Å². The highest BCUT2D eigenvalue weighted by Crippen LogP contribution is 2.42. The van der Waals surface area contributed by atoms with Crippen LogP contribution in [0.3, 0.4) is 0 Å². The van der Waals surface area contributed by atoms with E-state index in [1.165, 1.54) is 0 Å². The fourth-order valence-corrected chi connectivity index (χ4v) is 4.28. The third-order valence-corrected chi connectivity index (χ3v) is 6.37. The number of Topliss-reactive ketones (excluding diaryl/α,β-unsaturated/α-hetero) is 1. The summed E-state index contributed by atoms with van der Waals surface area (Å²) in [6, 6.07) is 13.8. The van der Waals surface area contributed by atoms with Gasteiger partial charge in [-0.05, 0) is 47.9 Å². The molecule has 0 radical (unpaired) electrons. The van der Waals surface area contributed by atoms with Gasteiger partial charge in [-0.2, -0.15) is 0 Å². The molecule has 4 rings (SSSR count). The summed E-state index contributed by atoms with van der Waals surface area (Å²) in [7, 11) is 3.58. The van der Waals surface area contributed by atoms with Gasteiger partial charge in [0.15, 0.2) is 0 Å². The van der Waals surface area contributed by atoms with E-state index in [1.54, 1.807) is 13.2 Å². The lowest BCUT2D eigenvalue weighted by Gasteiger charge is -2.30. The molecule has 1 aliphatic rings. The van der Waals surface area contributed by atoms with Gasteiger partial charge in [-0.15, -0.1) is 0 Å². The van der Waals surface area contributed by atoms with Crippen molar-refractivity contribution in [3.63, 3.8) is 0 Å². The van der Waals surface area contributed by atoms with Gasteiger partial charge in [-0.1, -0.05) is 44.7 Å². The zero-order chi connectivity index (χ0) is 22.5. The van der Waals surface area contributed by atoms with Gasteiger partial charge in [0.2, 0.25) is 5.78 Å². The van der Waals surface area contributed by atoms with Gasteiger partial charge in [0.05, 0.1) is 18.3 Å². The Bertz CT molecular complexity index is 1300. The lowest BCUT2D eigenvalue weighted by molar-refractivity contribution is -0.111. The second-order valence-corrected chi connectivity index (χ2v) is 8.61. The molecule has 1 aliphatic carbocycles. The van der Waals surface area contributed by atoms with E-state index >= 15 is 0 Å². The second kappa shape index (κ2) is 7.31. The van der Waals surface area contributed by atoms with Crippen molar-refractivity contribution in [3.05, 3.63) is 94.9 Å². The molecular weight excluding hydrogens is 386 g/mol. The van der Waals surface area contributed by atoms with Crippen LogP contribution in [0, 0.1) is 6.92 Å². The quantitative estimate of drug-likeness (QED) is 0.537. The monoisotopic (exact) mass is 413 g/mol. The van der Waals surface area contributed by atoms with Crippen LogP contribution in [0.15, 0.2) is 78.2 Å². The number of allylic oxidation sites excluding steroid dienone is 4. The van der Waals surface area contributed by atoms with Crippen molar-refractivity contribution in [3.8, 4) is 5.75 Å². The zero-order valence-electron chi connectivity index (χ0n) is 18.6. The molecular formula is C27H27NO3. The van der Waals surface area contributed by atoms with Crippen molar-refractivity contribution in [1.82, 2.24) is 4.57 Å². The number of carbonyl (C=O) groups excluding carboxylic acids is 1. The van der Waals surface area contributed by atoms with Crippen molar-refractivity contribution < 1.29 is 14.6 Å². The van der Waals surface area contributed by atoms with Crippen molar-refractivity contribution in [1.29, 1.82) is 0 Å². The van der Waals surface area contributed by atoms with Crippen LogP contribution in [0.4, 0.5) is 0 Å². The number of methoxy groups -OCH3 is 1. The van der Waals surface area contributed by atoms with Crippen LogP contribution < -0.4 is 4.74 Å². The minimum atomic E-state index is -0.443. The normalized spacial score (nSPS) is 15.5. The molecule has 0 aliphatic heterocycles. The van der Waals surface area contributed by atoms with Crippen molar-refractivity contribution in [2.24, 2.45) is 7.05 Å². The zero-order valence-corrected chi connectivity index (χ0v) is 18.6. The van der Waals surface area contributed by atoms with E-state index in [4.69, 9.17) is 4.74 Å². The van der Waals surface area contributed by atoms with E-state index in [1.807, 2.05) is 67.2 Å². The summed E-state index contributed by atoms with van der Waals surface area (Å²) in [6.45, 7) is 10.4. The number of rotatable bonds is 5. The van der Waals surface area contributed by atoms with E-state index in [0.717, 1.165) is 38.9 Å². The van der Waals surface area contributed by atoms with Crippen LogP contribution in [-0.4, -0.2) is 22.6 Å². The highest BCUT2D eigenvalue weighted by atomic mass is 16.5. The molecule has 3 aromatic rings. The lowest BCUT2D eigenvalue weighted by Crippen LogP contribution is -2.24. The highest BCUT2D eigenvalue weighted by molar-refractivity contribution is 6.40. The molecule has 0 saturated carbocycles. The third kappa shape index (κ3) is 3.19. The molecule has 0 spiro atoms. The number of hydrogen-bond acceptors (Lipinski definition) is 3. The Morgan fingerprint density at radius 1 is 1.19 bits per heavy atom. The number of hydrogen-bond donors (Lipinski definition) is 1. The standard InChI is InChI=1S/C27H27NO3/c1-16-11-12-18(31-6)14-22(16)27(3,4)17(2)13-20-25(29)24(26(20)30)21-15-28(5)23-10-8-7-9-19(21)23/h7-15,29H,2H2,1,3-6H3/b20-13+. The van der Waals surface area contributed by atoms with Gasteiger partial charge in [-0.3, -0.25) is 4.79 Å². The molecule has 0 unspecified atom stereocenters. The maximum atomic E-state index is 13.0. The smallest absolute Gasteiger partial charge is 0.201 e. The van der Waals surface area contributed by atoms with Crippen molar-refractivity contribution in [2.75, 3.05) is 7.11 Å². The average molecular weight is 414 g/mol. The fourth-order valence-electron chi connectivity index (χ4n) is 4.28. The molecule has 1 heterocycles. The Hall–Kier alpha value is -3.53. The molecule has 0 fully saturated rings. The second-order valence-electron chi connectivity index (χ2n) is 8.61. The number of aryl methyl sites for hydroxylation is 2. The Morgan fingerprint density at radius 3 is 2.58 bits per heavy atom. The van der Waals surface area contributed by atoms with Gasteiger partial charge < -0.3 is 14.4 Å². The van der Waals surface area contributed by atoms with Crippen LogP contribution in [-0.2, 0) is 17.3 Å². The lowest BCUT2D eigenvalue weighted by atomic mass is 9.74. The molecule has 31 heavy (non-hydrogen) atoms. The minimum Gasteiger partial charge on any atom is -0.506 e. The topological polar surface area (TPSA) is 51.5 Å². The molecule has 2 aromatic carbocycles. The summed E-state index contributed by atoms with van der Waals surface area (Å²) in [6.07, 6.45) is 3.61. The number of aliphatic hydroxyl groups is 1. The number of ether oxygens (including phenoxy) is 1. The summed E-state index contributed by atoms with van der Waals surface area (Å²) in [5.74, 6) is 0.642. The first kappa shape index (κ1) is 20.7. The fraction of sp³-hybridized carbons (Fsp3) is 0.222. The Labute approximate surface area is 182 Å². The van der Waals surface area contributed by atoms with Crippen LogP contribution in [0.25, 0.3) is 16.5 Å². The van der Waals surface area contributed by atoms with E-state index < -0.39 is 5.41 Å². The summed E-state index contributed by atoms with van der Waals surface area (Å²) in [5, 5.41) is 11.8. The SMILES string of the molecule is C=C(/C=C1/C(=O)C(c2cn(C)c3ccccc23)=C1O)C(C)(C)c1cc(OC)ccc1C. The Balaban J connectivity index is 1.72. The molecule has 4 heteroatoms. The predicted octanol–water partition coefficient (Wildman–Crippen LogP) is 5.81. The maximum absolute atomic E-state index is 13.0. The Morgan fingerprint density at radius 2 is 1.90 bits per heavy atom. The van der Waals surface area contributed by atoms with Crippen LogP contribution in [0.1, 0.15) is 30.5 Å². The number of ketones is 1. The number of nitrogens with zero attached hydrogens (tertiary/aromatic N) is 1. The number of aromatic nitrogens is 1. The number of para-hydroxylation sites is 1. The van der Waals surface area contributed by atoms with Crippen LogP contribution >= 0.6 is 0 Å². The van der Waals surface area contributed by atoms with Gasteiger partial charge in [0.25, 0.3) is 0 Å². The summed E-state index contributed by atoms with van der Waals surface area (Å²) >= 11 is 0. The number of aliphatic hydroxyl groups excluding tert-OH is 1.